The Morgan fingerprint density at radius 2 is 1.39 bits per heavy atom. The number of hydrogen-bond acceptors (Lipinski definition) is 20. The molecular weight excluding hydrogens is 1140 g/mol. The summed E-state index contributed by atoms with van der Waals surface area (Å²) in [5.41, 5.74) is -4.87. The highest BCUT2D eigenvalue weighted by atomic mass is 32.2. The molecule has 7 rings (SSSR count). The van der Waals surface area contributed by atoms with E-state index in [1.54, 1.807) is 137 Å². The largest absolute Gasteiger partial charge is 0.450 e. The van der Waals surface area contributed by atoms with E-state index in [0.717, 1.165) is 21.0 Å². The number of amides is 6. The third-order valence-corrected chi connectivity index (χ3v) is 13.7. The number of likely N-dealkylation sites (tertiary alicyclic amines) is 1. The van der Waals surface area contributed by atoms with E-state index in [9.17, 15) is 46.5 Å². The highest BCUT2D eigenvalue weighted by Gasteiger charge is 2.57. The Morgan fingerprint density at radius 1 is 0.821 bits per heavy atom. The highest BCUT2D eigenvalue weighted by molar-refractivity contribution is 7.84. The van der Waals surface area contributed by atoms with Crippen LogP contribution in [-0.2, 0) is 66.3 Å². The van der Waals surface area contributed by atoms with Crippen molar-refractivity contribution in [1.29, 1.82) is 0 Å². The summed E-state index contributed by atoms with van der Waals surface area (Å²) in [6.45, 7) is 19.4. The molecule has 3 aliphatic rings. The van der Waals surface area contributed by atoms with Crippen LogP contribution in [0.4, 0.5) is 24.3 Å². The molecule has 454 valence electrons. The fourth-order valence-electron chi connectivity index (χ4n) is 8.19. The van der Waals surface area contributed by atoms with Crippen LogP contribution in [0.5, 0.6) is 0 Å². The number of oxime groups is 1. The van der Waals surface area contributed by atoms with Crippen molar-refractivity contribution in [2.75, 3.05) is 25.0 Å². The van der Waals surface area contributed by atoms with Crippen molar-refractivity contribution in [3.63, 3.8) is 0 Å². The van der Waals surface area contributed by atoms with Crippen molar-refractivity contribution in [3.05, 3.63) is 94.8 Å². The number of anilines is 1. The summed E-state index contributed by atoms with van der Waals surface area (Å²) in [5, 5.41) is 21.7. The van der Waals surface area contributed by atoms with Crippen molar-refractivity contribution in [2.45, 2.75) is 155 Å². The highest BCUT2D eigenvalue weighted by Crippen LogP contribution is 2.43. The number of esters is 1. The van der Waals surface area contributed by atoms with Gasteiger partial charge in [0.15, 0.2) is 16.9 Å². The minimum atomic E-state index is -5.30. The van der Waals surface area contributed by atoms with E-state index < -0.39 is 117 Å². The minimum Gasteiger partial charge on any atom is -0.450 e. The molecule has 84 heavy (non-hydrogen) atoms. The lowest BCUT2D eigenvalue weighted by molar-refractivity contribution is -0.164. The number of thiazole rings is 1. The lowest BCUT2D eigenvalue weighted by Gasteiger charge is -2.43. The first kappa shape index (κ1) is 63.3. The van der Waals surface area contributed by atoms with Crippen LogP contribution < -0.4 is 16.0 Å². The number of nitrogens with zero attached hydrogens (tertiary/aromatic N) is 9. The van der Waals surface area contributed by atoms with Crippen LogP contribution in [0, 0.1) is 5.92 Å². The third-order valence-electron chi connectivity index (χ3n) is 12.0. The minimum absolute atomic E-state index is 0.0170. The number of benzene rings is 2. The maximum Gasteiger partial charge on any atom is 0.437 e. The average Bonchev–Trinajstić information content (AvgIpc) is 1.29. The fourth-order valence-corrected chi connectivity index (χ4v) is 9.75. The standard InChI is InChI=1S/C54H70N12O16S2/c1-50(2,3)78-46(70)55-25-32-27-63(28-32)45(60-48(72)80-52(7,8)9)64(49(73)81-53(10,11)12)29-35-26-56-65(61-35)30-37-39(42(68)66(37)84(74,75)76)58-41(67)38(36-31-83-44(57-36)59-47(71)79-51(4,5)6)62-82-54(23-24-54)43(69)77-40(33-19-15-13-16-20-33)34-21-17-14-18-22-34/h13-22,26,31-32,37,39-40H,23-25,27-30H2,1-12H3,(H,55,70)(H,58,67)(H,57,59,71)(H,74,75,76)/t37-,39+/m1/s1. The number of rotatable bonds is 17. The van der Waals surface area contributed by atoms with Gasteiger partial charge in [0, 0.05) is 43.8 Å². The van der Waals surface area contributed by atoms with Crippen LogP contribution in [0.25, 0.3) is 0 Å². The second-order valence-electron chi connectivity index (χ2n) is 23.9. The van der Waals surface area contributed by atoms with E-state index in [-0.39, 0.29) is 65.2 Å². The first-order valence-electron chi connectivity index (χ1n) is 26.6. The van der Waals surface area contributed by atoms with Crippen molar-refractivity contribution >= 4 is 80.6 Å². The van der Waals surface area contributed by atoms with E-state index in [4.69, 9.17) is 28.5 Å². The Balaban J connectivity index is 1.14. The molecule has 4 aromatic rings. The summed E-state index contributed by atoms with van der Waals surface area (Å²) in [5.74, 6) is -3.64. The number of guanidine groups is 1. The van der Waals surface area contributed by atoms with Crippen molar-refractivity contribution in [1.82, 2.24) is 44.7 Å². The molecule has 28 nitrogen and oxygen atoms in total. The topological polar surface area (TPSA) is 343 Å². The SMILES string of the molecule is CC(C)(C)OC(=O)N=C(N1CC(CNC(=O)OC(C)(C)C)C1)N(Cc1cnn(C[C@@H]2[C@H](NC(=O)C(=NOC3(C(=O)OC(c4ccccc4)c4ccccc4)CC3)c3csc(NC(=O)OC(C)(C)C)n3)C(=O)N2S(=O)(=O)O)n1)C(=O)OC(C)(C)C. The lowest BCUT2D eigenvalue weighted by atomic mass is 9.98. The van der Waals surface area contributed by atoms with Gasteiger partial charge in [0.1, 0.15) is 45.9 Å². The zero-order valence-electron chi connectivity index (χ0n) is 48.6. The van der Waals surface area contributed by atoms with Crippen LogP contribution in [0.1, 0.15) is 125 Å². The molecule has 4 heterocycles. The Labute approximate surface area is 489 Å². The monoisotopic (exact) mass is 1210 g/mol. The molecule has 0 radical (unpaired) electrons. The maximum atomic E-state index is 14.5. The summed E-state index contributed by atoms with van der Waals surface area (Å²) in [6.07, 6.45) is -2.94. The van der Waals surface area contributed by atoms with Crippen molar-refractivity contribution in [2.24, 2.45) is 16.1 Å². The molecule has 1 saturated carbocycles. The summed E-state index contributed by atoms with van der Waals surface area (Å²) in [7, 11) is -5.30. The third kappa shape index (κ3) is 17.4. The number of aromatic nitrogens is 4. The predicted molar refractivity (Wildman–Crippen MR) is 301 cm³/mol. The second kappa shape index (κ2) is 24.9. The Bertz CT molecular complexity index is 3220. The van der Waals surface area contributed by atoms with Crippen molar-refractivity contribution < 1.29 is 75.1 Å². The molecular formula is C54H70N12O16S2. The molecule has 0 bridgehead atoms. The van der Waals surface area contributed by atoms with Gasteiger partial charge in [0.25, 0.3) is 11.8 Å². The fraction of sp³-hybridized carbons (Fsp3) is 0.519. The quantitative estimate of drug-likeness (QED) is 0.0170. The molecule has 1 aliphatic carbocycles. The van der Waals surface area contributed by atoms with Crippen LogP contribution in [0.2, 0.25) is 0 Å². The second-order valence-corrected chi connectivity index (χ2v) is 26.1. The van der Waals surface area contributed by atoms with Gasteiger partial charge >= 0.3 is 40.6 Å². The molecule has 4 N–H and O–H groups in total. The van der Waals surface area contributed by atoms with E-state index in [2.05, 4.69) is 41.3 Å². The average molecular weight is 1210 g/mol. The molecule has 30 heteroatoms. The van der Waals surface area contributed by atoms with E-state index in [0.29, 0.717) is 11.1 Å². The van der Waals surface area contributed by atoms with Gasteiger partial charge in [-0.15, -0.1) is 16.3 Å². The number of alkyl carbamates (subject to hydrolysis) is 1. The molecule has 3 fully saturated rings. The van der Waals surface area contributed by atoms with Crippen LogP contribution >= 0.6 is 11.3 Å². The molecule has 2 aromatic heterocycles. The summed E-state index contributed by atoms with van der Waals surface area (Å²) in [4.78, 5) is 113. The number of carbonyl (C=O) groups is 7. The Kier molecular flexibility index (Phi) is 18.8. The normalized spacial score (nSPS) is 17.5. The van der Waals surface area contributed by atoms with Gasteiger partial charge in [0.05, 0.1) is 19.3 Å². The van der Waals surface area contributed by atoms with Crippen molar-refractivity contribution in [3.8, 4) is 0 Å². The Hall–Kier alpha value is -8.25. The summed E-state index contributed by atoms with van der Waals surface area (Å²) < 4.78 is 64.0. The van der Waals surface area contributed by atoms with Gasteiger partial charge in [-0.25, -0.2) is 38.2 Å². The molecule has 0 spiro atoms. The predicted octanol–water partition coefficient (Wildman–Crippen LogP) is 6.35. The molecule has 2 atom stereocenters. The Morgan fingerprint density at radius 3 is 1.94 bits per heavy atom. The van der Waals surface area contributed by atoms with Crippen LogP contribution in [0.3, 0.4) is 0 Å². The molecule has 6 amide bonds. The molecule has 2 aliphatic heterocycles. The van der Waals surface area contributed by atoms with Crippen LogP contribution in [-0.4, -0.2) is 161 Å². The van der Waals surface area contributed by atoms with Gasteiger partial charge in [-0.3, -0.25) is 19.5 Å². The molecule has 2 aromatic carbocycles. The van der Waals surface area contributed by atoms with Gasteiger partial charge in [-0.1, -0.05) is 65.8 Å². The zero-order valence-corrected chi connectivity index (χ0v) is 50.2. The van der Waals surface area contributed by atoms with Gasteiger partial charge in [0.2, 0.25) is 11.6 Å². The first-order valence-corrected chi connectivity index (χ1v) is 28.9. The molecule has 0 unspecified atom stereocenters. The van der Waals surface area contributed by atoms with E-state index >= 15 is 0 Å². The summed E-state index contributed by atoms with van der Waals surface area (Å²) >= 11 is 0.859. The van der Waals surface area contributed by atoms with Crippen LogP contribution in [0.15, 0.2) is 82.4 Å². The van der Waals surface area contributed by atoms with E-state index in [1.807, 2.05) is 12.1 Å². The number of carbonyl (C=O) groups excluding carboxylic acids is 7. The smallest absolute Gasteiger partial charge is 0.437 e. The number of hydrogen-bond donors (Lipinski definition) is 4. The van der Waals surface area contributed by atoms with Gasteiger partial charge < -0.3 is 44.1 Å². The maximum absolute atomic E-state index is 14.5. The van der Waals surface area contributed by atoms with Gasteiger partial charge in [-0.2, -0.15) is 23.4 Å². The number of aliphatic imine (C=N–C) groups is 1. The van der Waals surface area contributed by atoms with E-state index in [1.165, 1.54) is 11.6 Å². The molecule has 2 saturated heterocycles. The first-order chi connectivity index (χ1) is 39.0. The number of ether oxygens (including phenoxy) is 5. The summed E-state index contributed by atoms with van der Waals surface area (Å²) in [6, 6.07) is 14.6. The lowest BCUT2D eigenvalue weighted by Crippen LogP contribution is -2.73. The van der Waals surface area contributed by atoms with Gasteiger partial charge in [-0.05, 0) is 94.2 Å². The number of β-lactam (4-membered cyclic amide) rings is 1. The number of nitrogens with one attached hydrogen (secondary N) is 3. The zero-order chi connectivity index (χ0) is 61.7.